The van der Waals surface area contributed by atoms with Crippen molar-refractivity contribution in [1.29, 1.82) is 0 Å². The lowest BCUT2D eigenvalue weighted by molar-refractivity contribution is 0.0933. The van der Waals surface area contributed by atoms with Gasteiger partial charge in [0.25, 0.3) is 5.91 Å². The number of sulfone groups is 1. The molecule has 0 radical (unpaired) electrons. The minimum atomic E-state index is -3.31. The predicted molar refractivity (Wildman–Crippen MR) is 118 cm³/mol. The molecule has 4 rings (SSSR count). The molecule has 4 nitrogen and oxygen atoms in total. The highest BCUT2D eigenvalue weighted by molar-refractivity contribution is 7.91. The number of nitrogens with one attached hydrogen (secondary N) is 1. The Morgan fingerprint density at radius 1 is 0.867 bits per heavy atom. The molecule has 30 heavy (non-hydrogen) atoms. The molecule has 1 atom stereocenters. The SMILES string of the molecule is O=C(NC1CCCS(=O)(=O)c2ccccc21)c1ccccc1CCc1ccccc1. The van der Waals surface area contributed by atoms with Gasteiger partial charge < -0.3 is 5.32 Å². The van der Waals surface area contributed by atoms with E-state index in [1.807, 2.05) is 54.6 Å². The number of aryl methyl sites for hydroxylation is 2. The molecule has 154 valence electrons. The first kappa shape index (κ1) is 20.4. The standard InChI is InChI=1S/C25H25NO3S/c27-25(21-12-5-4-11-20(21)17-16-19-9-2-1-3-10-19)26-23-14-8-18-30(28,29)24-15-7-6-13-22(23)24/h1-7,9-13,15,23H,8,14,16-18H2,(H,26,27). The number of carbonyl (C=O) groups excluding carboxylic acids is 1. The first-order chi connectivity index (χ1) is 14.5. The van der Waals surface area contributed by atoms with Gasteiger partial charge in [-0.25, -0.2) is 8.42 Å². The Hall–Kier alpha value is -2.92. The fourth-order valence-electron chi connectivity index (χ4n) is 4.06. The van der Waals surface area contributed by atoms with Crippen LogP contribution < -0.4 is 5.32 Å². The summed E-state index contributed by atoms with van der Waals surface area (Å²) in [6, 6.07) is 24.6. The zero-order valence-electron chi connectivity index (χ0n) is 16.8. The Morgan fingerprint density at radius 3 is 2.40 bits per heavy atom. The molecule has 1 heterocycles. The van der Waals surface area contributed by atoms with E-state index in [0.29, 0.717) is 28.9 Å². The third-order valence-electron chi connectivity index (χ3n) is 5.63. The highest BCUT2D eigenvalue weighted by Crippen LogP contribution is 2.31. The molecule has 0 saturated heterocycles. The molecule has 0 aliphatic carbocycles. The zero-order valence-corrected chi connectivity index (χ0v) is 17.6. The van der Waals surface area contributed by atoms with Crippen LogP contribution in [0.25, 0.3) is 0 Å². The van der Waals surface area contributed by atoms with Crippen LogP contribution in [0, 0.1) is 0 Å². The van der Waals surface area contributed by atoms with Gasteiger partial charge in [0.15, 0.2) is 9.84 Å². The molecule has 1 aliphatic rings. The van der Waals surface area contributed by atoms with E-state index in [1.165, 1.54) is 5.56 Å². The van der Waals surface area contributed by atoms with Crippen molar-refractivity contribution >= 4 is 15.7 Å². The van der Waals surface area contributed by atoms with Crippen LogP contribution in [-0.4, -0.2) is 20.1 Å². The third-order valence-corrected chi connectivity index (χ3v) is 7.50. The van der Waals surface area contributed by atoms with Crippen LogP contribution >= 0.6 is 0 Å². The average molecular weight is 420 g/mol. The topological polar surface area (TPSA) is 63.2 Å². The van der Waals surface area contributed by atoms with Gasteiger partial charge in [-0.05, 0) is 54.5 Å². The fourth-order valence-corrected chi connectivity index (χ4v) is 5.69. The molecule has 3 aromatic carbocycles. The number of hydrogen-bond donors (Lipinski definition) is 1. The van der Waals surface area contributed by atoms with E-state index in [-0.39, 0.29) is 17.7 Å². The molecule has 3 aromatic rings. The van der Waals surface area contributed by atoms with Crippen LogP contribution in [0.3, 0.4) is 0 Å². The van der Waals surface area contributed by atoms with Crippen LogP contribution in [-0.2, 0) is 22.7 Å². The molecule has 1 unspecified atom stereocenters. The number of carbonyl (C=O) groups is 1. The normalized spacial score (nSPS) is 17.5. The first-order valence-electron chi connectivity index (χ1n) is 10.3. The third kappa shape index (κ3) is 4.46. The Bertz CT molecular complexity index is 1140. The van der Waals surface area contributed by atoms with Crippen molar-refractivity contribution in [1.82, 2.24) is 5.32 Å². The summed E-state index contributed by atoms with van der Waals surface area (Å²) in [4.78, 5) is 13.5. The Labute approximate surface area is 177 Å². The minimum Gasteiger partial charge on any atom is -0.345 e. The number of rotatable bonds is 5. The van der Waals surface area contributed by atoms with Crippen LogP contribution in [0.15, 0.2) is 83.8 Å². The number of amides is 1. The van der Waals surface area contributed by atoms with Crippen molar-refractivity contribution in [2.75, 3.05) is 5.75 Å². The van der Waals surface area contributed by atoms with Gasteiger partial charge in [-0.15, -0.1) is 0 Å². The van der Waals surface area contributed by atoms with Gasteiger partial charge in [-0.1, -0.05) is 66.7 Å². The van der Waals surface area contributed by atoms with Gasteiger partial charge in [0.2, 0.25) is 0 Å². The largest absolute Gasteiger partial charge is 0.345 e. The molecular formula is C25H25NO3S. The smallest absolute Gasteiger partial charge is 0.252 e. The van der Waals surface area contributed by atoms with Gasteiger partial charge in [0.1, 0.15) is 0 Å². The Kier molecular flexibility index (Phi) is 6.00. The van der Waals surface area contributed by atoms with E-state index in [2.05, 4.69) is 17.4 Å². The van der Waals surface area contributed by atoms with E-state index in [4.69, 9.17) is 0 Å². The summed E-state index contributed by atoms with van der Waals surface area (Å²) < 4.78 is 25.1. The second-order valence-corrected chi connectivity index (χ2v) is 9.75. The van der Waals surface area contributed by atoms with Gasteiger partial charge in [-0.2, -0.15) is 0 Å². The molecule has 0 fully saturated rings. The summed E-state index contributed by atoms with van der Waals surface area (Å²) in [5.74, 6) is -0.0397. The van der Waals surface area contributed by atoms with Crippen molar-refractivity contribution < 1.29 is 13.2 Å². The molecule has 1 N–H and O–H groups in total. The minimum absolute atomic E-state index is 0.115. The molecule has 0 bridgehead atoms. The van der Waals surface area contributed by atoms with Crippen LogP contribution in [0.4, 0.5) is 0 Å². The maximum absolute atomic E-state index is 13.2. The van der Waals surface area contributed by atoms with Gasteiger partial charge in [0, 0.05) is 5.56 Å². The highest BCUT2D eigenvalue weighted by Gasteiger charge is 2.28. The molecule has 0 spiro atoms. The predicted octanol–water partition coefficient (Wildman–Crippen LogP) is 4.51. The monoisotopic (exact) mass is 419 g/mol. The maximum Gasteiger partial charge on any atom is 0.252 e. The number of hydrogen-bond acceptors (Lipinski definition) is 3. The summed E-state index contributed by atoms with van der Waals surface area (Å²) >= 11 is 0. The summed E-state index contributed by atoms with van der Waals surface area (Å²) in [7, 11) is -3.31. The van der Waals surface area contributed by atoms with Crippen molar-refractivity contribution in [3.8, 4) is 0 Å². The second kappa shape index (κ2) is 8.84. The van der Waals surface area contributed by atoms with E-state index >= 15 is 0 Å². The van der Waals surface area contributed by atoms with Crippen molar-refractivity contribution in [3.05, 3.63) is 101 Å². The lowest BCUT2D eigenvalue weighted by atomic mass is 9.98. The maximum atomic E-state index is 13.2. The summed E-state index contributed by atoms with van der Waals surface area (Å²) in [5, 5.41) is 3.10. The Balaban J connectivity index is 1.56. The van der Waals surface area contributed by atoms with E-state index < -0.39 is 9.84 Å². The van der Waals surface area contributed by atoms with Crippen molar-refractivity contribution in [2.45, 2.75) is 36.6 Å². The second-order valence-electron chi connectivity index (χ2n) is 7.67. The highest BCUT2D eigenvalue weighted by atomic mass is 32.2. The van der Waals surface area contributed by atoms with Gasteiger partial charge in [0.05, 0.1) is 16.7 Å². The number of fused-ring (bicyclic) bond motifs is 1. The molecule has 1 amide bonds. The van der Waals surface area contributed by atoms with E-state index in [1.54, 1.807) is 12.1 Å². The molecule has 1 aliphatic heterocycles. The first-order valence-corrected chi connectivity index (χ1v) is 11.9. The fraction of sp³-hybridized carbons (Fsp3) is 0.240. The zero-order chi connectivity index (χ0) is 21.0. The van der Waals surface area contributed by atoms with Crippen molar-refractivity contribution in [2.24, 2.45) is 0 Å². The molecule has 0 saturated carbocycles. The summed E-state index contributed by atoms with van der Waals surface area (Å²) in [6.07, 6.45) is 2.75. The van der Waals surface area contributed by atoms with Gasteiger partial charge in [-0.3, -0.25) is 4.79 Å². The van der Waals surface area contributed by atoms with Crippen molar-refractivity contribution in [3.63, 3.8) is 0 Å². The molecular weight excluding hydrogens is 394 g/mol. The van der Waals surface area contributed by atoms with Crippen LogP contribution in [0.1, 0.15) is 45.9 Å². The average Bonchev–Trinajstić information content (AvgIpc) is 2.89. The van der Waals surface area contributed by atoms with E-state index in [0.717, 1.165) is 18.4 Å². The lowest BCUT2D eigenvalue weighted by Crippen LogP contribution is -2.29. The lowest BCUT2D eigenvalue weighted by Gasteiger charge is -2.20. The molecule has 0 aromatic heterocycles. The summed E-state index contributed by atoms with van der Waals surface area (Å²) in [6.45, 7) is 0. The van der Waals surface area contributed by atoms with Gasteiger partial charge >= 0.3 is 0 Å². The van der Waals surface area contributed by atoms with E-state index in [9.17, 15) is 13.2 Å². The molecule has 5 heteroatoms. The van der Waals surface area contributed by atoms with Crippen LogP contribution in [0.5, 0.6) is 0 Å². The summed E-state index contributed by atoms with van der Waals surface area (Å²) in [5.41, 5.74) is 3.56. The van der Waals surface area contributed by atoms with Crippen LogP contribution in [0.2, 0.25) is 0 Å². The number of benzene rings is 3. The Morgan fingerprint density at radius 2 is 1.57 bits per heavy atom. The quantitative estimate of drug-likeness (QED) is 0.662.